The summed E-state index contributed by atoms with van der Waals surface area (Å²) in [7, 11) is 0. The average molecular weight is 359 g/mol. The lowest BCUT2D eigenvalue weighted by Crippen LogP contribution is -2.43. The van der Waals surface area contributed by atoms with Crippen LogP contribution in [-0.2, 0) is 16.6 Å². The smallest absolute Gasteiger partial charge is 0.234 e. The molecule has 1 aromatic heterocycles. The highest BCUT2D eigenvalue weighted by Gasteiger charge is 2.35. The molecular formula is C21H34N4O. The maximum Gasteiger partial charge on any atom is 0.234 e. The Bertz CT molecular complexity index is 656. The molecule has 144 valence electrons. The molecule has 1 aromatic rings. The van der Waals surface area contributed by atoms with Crippen LogP contribution in [0.3, 0.4) is 0 Å². The third-order valence-corrected chi connectivity index (χ3v) is 5.50. The number of likely N-dealkylation sites (tertiary alicyclic amines) is 1. The minimum absolute atomic E-state index is 0.0139. The van der Waals surface area contributed by atoms with E-state index in [1.54, 1.807) is 0 Å². The molecule has 5 nitrogen and oxygen atoms in total. The summed E-state index contributed by atoms with van der Waals surface area (Å²) in [6.07, 6.45) is 7.52. The monoisotopic (exact) mass is 358 g/mol. The normalized spacial score (nSPS) is 23.3. The van der Waals surface area contributed by atoms with Gasteiger partial charge in [0, 0.05) is 22.9 Å². The first-order chi connectivity index (χ1) is 12.1. The fraction of sp³-hybridized carbons (Fsp3) is 0.762. The standard InChI is InChI=1S/C21H34N4O/c1-20(2,3)19-22-13-15-16(11-21(4,5)12-17(15)24-19)23-18(26)14-25-9-7-6-8-10-25/h13,16H,6-12,14H2,1-5H3,(H,23,26). The zero-order valence-corrected chi connectivity index (χ0v) is 17.1. The second-order valence-electron chi connectivity index (χ2n) is 9.85. The van der Waals surface area contributed by atoms with Gasteiger partial charge in [0.25, 0.3) is 0 Å². The third kappa shape index (κ3) is 4.61. The van der Waals surface area contributed by atoms with Crippen molar-refractivity contribution < 1.29 is 4.79 Å². The number of amides is 1. The van der Waals surface area contributed by atoms with Crippen LogP contribution in [0.4, 0.5) is 0 Å². The van der Waals surface area contributed by atoms with Crippen LogP contribution in [-0.4, -0.2) is 40.4 Å². The molecule has 1 aliphatic heterocycles. The topological polar surface area (TPSA) is 58.1 Å². The van der Waals surface area contributed by atoms with Crippen molar-refractivity contribution in [2.45, 2.75) is 78.2 Å². The highest BCUT2D eigenvalue weighted by molar-refractivity contribution is 5.78. The summed E-state index contributed by atoms with van der Waals surface area (Å²) < 4.78 is 0. The predicted octanol–water partition coefficient (Wildman–Crippen LogP) is 3.39. The lowest BCUT2D eigenvalue weighted by atomic mass is 9.74. The predicted molar refractivity (Wildman–Crippen MR) is 104 cm³/mol. The Morgan fingerprint density at radius 2 is 1.96 bits per heavy atom. The second kappa shape index (κ2) is 7.26. The number of rotatable bonds is 3. The zero-order valence-electron chi connectivity index (χ0n) is 17.1. The fourth-order valence-electron chi connectivity index (χ4n) is 4.10. The summed E-state index contributed by atoms with van der Waals surface area (Å²) >= 11 is 0. The van der Waals surface area contributed by atoms with Crippen LogP contribution in [0.25, 0.3) is 0 Å². The van der Waals surface area contributed by atoms with Gasteiger partial charge in [-0.25, -0.2) is 9.97 Å². The van der Waals surface area contributed by atoms with E-state index in [1.807, 2.05) is 6.20 Å². The summed E-state index contributed by atoms with van der Waals surface area (Å²) in [4.78, 5) is 24.4. The van der Waals surface area contributed by atoms with Crippen LogP contribution in [0.2, 0.25) is 0 Å². The van der Waals surface area contributed by atoms with E-state index in [1.165, 1.54) is 19.3 Å². The number of hydrogen-bond donors (Lipinski definition) is 1. The van der Waals surface area contributed by atoms with Crippen LogP contribution in [0.1, 0.15) is 83.4 Å². The van der Waals surface area contributed by atoms with Crippen LogP contribution >= 0.6 is 0 Å². The molecule has 3 rings (SSSR count). The molecule has 1 N–H and O–H groups in total. The van der Waals surface area contributed by atoms with Crippen LogP contribution < -0.4 is 5.32 Å². The summed E-state index contributed by atoms with van der Waals surface area (Å²) in [6.45, 7) is 13.5. The molecule has 5 heteroatoms. The molecule has 1 atom stereocenters. The quantitative estimate of drug-likeness (QED) is 0.900. The second-order valence-corrected chi connectivity index (χ2v) is 9.85. The molecule has 1 unspecified atom stereocenters. The first kappa shape index (κ1) is 19.3. The van der Waals surface area contributed by atoms with E-state index in [0.717, 1.165) is 43.0 Å². The molecule has 1 fully saturated rings. The largest absolute Gasteiger partial charge is 0.348 e. The fourth-order valence-corrected chi connectivity index (χ4v) is 4.10. The number of fused-ring (bicyclic) bond motifs is 1. The Kier molecular flexibility index (Phi) is 5.38. The number of nitrogens with one attached hydrogen (secondary N) is 1. The lowest BCUT2D eigenvalue weighted by Gasteiger charge is -2.37. The van der Waals surface area contributed by atoms with Crippen molar-refractivity contribution >= 4 is 5.91 Å². The summed E-state index contributed by atoms with van der Waals surface area (Å²) in [5.41, 5.74) is 2.26. The molecule has 0 radical (unpaired) electrons. The van der Waals surface area contributed by atoms with E-state index in [4.69, 9.17) is 4.98 Å². The maximum absolute atomic E-state index is 12.6. The van der Waals surface area contributed by atoms with Gasteiger partial charge in [-0.3, -0.25) is 9.69 Å². The van der Waals surface area contributed by atoms with Crippen molar-refractivity contribution in [3.63, 3.8) is 0 Å². The Morgan fingerprint density at radius 3 is 2.62 bits per heavy atom. The van der Waals surface area contributed by atoms with Gasteiger partial charge in [0.05, 0.1) is 12.6 Å². The molecular weight excluding hydrogens is 324 g/mol. The molecule has 1 saturated heterocycles. The Morgan fingerprint density at radius 1 is 1.27 bits per heavy atom. The van der Waals surface area contributed by atoms with E-state index in [-0.39, 0.29) is 22.8 Å². The van der Waals surface area contributed by atoms with Gasteiger partial charge in [-0.2, -0.15) is 0 Å². The van der Waals surface area contributed by atoms with Crippen molar-refractivity contribution in [1.82, 2.24) is 20.2 Å². The van der Waals surface area contributed by atoms with E-state index >= 15 is 0 Å². The Balaban J connectivity index is 1.76. The third-order valence-electron chi connectivity index (χ3n) is 5.50. The van der Waals surface area contributed by atoms with Crippen LogP contribution in [0.15, 0.2) is 6.20 Å². The number of piperidine rings is 1. The van der Waals surface area contributed by atoms with Gasteiger partial charge < -0.3 is 5.32 Å². The molecule has 2 heterocycles. The van der Waals surface area contributed by atoms with Gasteiger partial charge in [-0.1, -0.05) is 41.0 Å². The molecule has 0 bridgehead atoms. The van der Waals surface area contributed by atoms with Crippen molar-refractivity contribution in [1.29, 1.82) is 0 Å². The number of hydrogen-bond acceptors (Lipinski definition) is 4. The van der Waals surface area contributed by atoms with E-state index in [2.05, 4.69) is 49.8 Å². The van der Waals surface area contributed by atoms with Crippen molar-refractivity contribution in [3.8, 4) is 0 Å². The van der Waals surface area contributed by atoms with Gasteiger partial charge in [-0.05, 0) is 44.2 Å². The molecule has 1 aliphatic carbocycles. The molecule has 0 aromatic carbocycles. The Hall–Kier alpha value is -1.49. The van der Waals surface area contributed by atoms with E-state index in [9.17, 15) is 4.79 Å². The highest BCUT2D eigenvalue weighted by Crippen LogP contribution is 2.40. The maximum atomic E-state index is 12.6. The van der Waals surface area contributed by atoms with Crippen LogP contribution in [0, 0.1) is 5.41 Å². The number of carbonyl (C=O) groups excluding carboxylic acids is 1. The zero-order chi connectivity index (χ0) is 18.9. The van der Waals surface area contributed by atoms with Crippen LogP contribution in [0.5, 0.6) is 0 Å². The minimum Gasteiger partial charge on any atom is -0.348 e. The minimum atomic E-state index is -0.0658. The molecule has 0 saturated carbocycles. The lowest BCUT2D eigenvalue weighted by molar-refractivity contribution is -0.123. The van der Waals surface area contributed by atoms with Gasteiger partial charge in [0.15, 0.2) is 0 Å². The number of aromatic nitrogens is 2. The molecule has 26 heavy (non-hydrogen) atoms. The van der Waals surface area contributed by atoms with Gasteiger partial charge >= 0.3 is 0 Å². The summed E-state index contributed by atoms with van der Waals surface area (Å²) in [6, 6.07) is 0.0139. The average Bonchev–Trinajstić information content (AvgIpc) is 2.53. The SMILES string of the molecule is CC1(C)Cc2nc(C(C)(C)C)ncc2C(NC(=O)CN2CCCCC2)C1. The Labute approximate surface area is 158 Å². The highest BCUT2D eigenvalue weighted by atomic mass is 16.2. The van der Waals surface area contributed by atoms with Gasteiger partial charge in [0.1, 0.15) is 5.82 Å². The number of carbonyl (C=O) groups is 1. The summed E-state index contributed by atoms with van der Waals surface area (Å²) in [5, 5.41) is 3.28. The van der Waals surface area contributed by atoms with E-state index < -0.39 is 0 Å². The first-order valence-corrected chi connectivity index (χ1v) is 10.0. The van der Waals surface area contributed by atoms with Gasteiger partial charge in [0.2, 0.25) is 5.91 Å². The molecule has 1 amide bonds. The van der Waals surface area contributed by atoms with Crippen molar-refractivity contribution in [2.24, 2.45) is 5.41 Å². The molecule has 0 spiro atoms. The number of nitrogens with zero attached hydrogens (tertiary/aromatic N) is 3. The van der Waals surface area contributed by atoms with E-state index in [0.29, 0.717) is 6.54 Å². The van der Waals surface area contributed by atoms with Crippen molar-refractivity contribution in [2.75, 3.05) is 19.6 Å². The van der Waals surface area contributed by atoms with Gasteiger partial charge in [-0.15, -0.1) is 0 Å². The molecule has 2 aliphatic rings. The summed E-state index contributed by atoms with van der Waals surface area (Å²) in [5.74, 6) is 1.01. The first-order valence-electron chi connectivity index (χ1n) is 10.0. The van der Waals surface area contributed by atoms with Crippen molar-refractivity contribution in [3.05, 3.63) is 23.3 Å².